The number of ether oxygens (including phenoxy) is 1. The van der Waals surface area contributed by atoms with Crippen molar-refractivity contribution in [2.24, 2.45) is 0 Å². The minimum Gasteiger partial charge on any atom is -0.456 e. The predicted octanol–water partition coefficient (Wildman–Crippen LogP) is 16.5. The van der Waals surface area contributed by atoms with Crippen molar-refractivity contribution in [3.63, 3.8) is 0 Å². The first-order valence-corrected chi connectivity index (χ1v) is 21.8. The van der Waals surface area contributed by atoms with Gasteiger partial charge in [0.05, 0.1) is 5.41 Å². The molecule has 1 atom stereocenters. The molecule has 0 radical (unpaired) electrons. The number of rotatable bonds is 2. The lowest BCUT2D eigenvalue weighted by Crippen LogP contribution is -2.31. The molecule has 2 heterocycles. The average molecular weight is 799 g/mol. The summed E-state index contributed by atoms with van der Waals surface area (Å²) in [6, 6.07) is 76.0. The second-order valence-electron chi connectivity index (χ2n) is 17.4. The lowest BCUT2D eigenvalue weighted by molar-refractivity contribution is 0.487. The topological polar surface area (TPSA) is 22.4 Å². The Morgan fingerprint density at radius 1 is 0.317 bits per heavy atom. The summed E-state index contributed by atoms with van der Waals surface area (Å²) in [5, 5.41) is 9.50. The maximum absolute atomic E-state index is 6.85. The smallest absolute Gasteiger partial charge is 0.143 e. The van der Waals surface area contributed by atoms with Gasteiger partial charge in [-0.3, -0.25) is 0 Å². The third-order valence-corrected chi connectivity index (χ3v) is 14.5. The van der Waals surface area contributed by atoms with Gasteiger partial charge in [0.25, 0.3) is 0 Å². The lowest BCUT2D eigenvalue weighted by Gasteiger charge is -2.40. The zero-order valence-electron chi connectivity index (χ0n) is 33.9. The van der Waals surface area contributed by atoms with Crippen LogP contribution in [0.5, 0.6) is 11.5 Å². The van der Waals surface area contributed by atoms with Crippen LogP contribution in [-0.2, 0) is 5.41 Å². The molecule has 290 valence electrons. The van der Waals surface area contributed by atoms with Crippen molar-refractivity contribution in [2.45, 2.75) is 5.41 Å². The molecule has 1 aliphatic heterocycles. The molecule has 11 aromatic carbocycles. The highest BCUT2D eigenvalue weighted by atomic mass is 16.5. The second kappa shape index (κ2) is 12.0. The summed E-state index contributed by atoms with van der Waals surface area (Å²) in [6.45, 7) is 0. The zero-order valence-corrected chi connectivity index (χ0v) is 33.9. The van der Waals surface area contributed by atoms with Gasteiger partial charge in [0, 0.05) is 27.1 Å². The van der Waals surface area contributed by atoms with E-state index < -0.39 is 5.41 Å². The Morgan fingerprint density at radius 3 is 1.87 bits per heavy atom. The fraction of sp³-hybridized carbons (Fsp3) is 0.0164. The van der Waals surface area contributed by atoms with Crippen LogP contribution < -0.4 is 4.74 Å². The molecule has 15 rings (SSSR count). The maximum atomic E-state index is 6.85. The van der Waals surface area contributed by atoms with Gasteiger partial charge in [0.2, 0.25) is 0 Å². The average Bonchev–Trinajstić information content (AvgIpc) is 3.88. The zero-order chi connectivity index (χ0) is 41.0. The van der Waals surface area contributed by atoms with E-state index in [4.69, 9.17) is 9.15 Å². The highest BCUT2D eigenvalue weighted by Gasteiger charge is 2.50. The van der Waals surface area contributed by atoms with Gasteiger partial charge in [-0.15, -0.1) is 0 Å². The summed E-state index contributed by atoms with van der Waals surface area (Å²) in [6.07, 6.45) is 0. The normalized spacial score (nSPS) is 15.2. The molecule has 0 saturated heterocycles. The van der Waals surface area contributed by atoms with Crippen molar-refractivity contribution >= 4 is 54.3 Å². The van der Waals surface area contributed by atoms with Crippen LogP contribution in [0.3, 0.4) is 0 Å². The molecule has 12 aromatic rings. The molecular formula is C61H34O2. The molecule has 2 aliphatic carbocycles. The predicted molar refractivity (Wildman–Crippen MR) is 259 cm³/mol. The van der Waals surface area contributed by atoms with Gasteiger partial charge in [-0.25, -0.2) is 0 Å². The van der Waals surface area contributed by atoms with E-state index in [1.165, 1.54) is 82.7 Å². The molecule has 0 amide bonds. The monoisotopic (exact) mass is 798 g/mol. The van der Waals surface area contributed by atoms with Crippen LogP contribution >= 0.6 is 0 Å². The van der Waals surface area contributed by atoms with Gasteiger partial charge in [-0.1, -0.05) is 176 Å². The Balaban J connectivity index is 0.950. The molecule has 3 aliphatic rings. The van der Waals surface area contributed by atoms with Crippen LogP contribution in [0.2, 0.25) is 0 Å². The molecule has 63 heavy (non-hydrogen) atoms. The summed E-state index contributed by atoms with van der Waals surface area (Å²) in [4.78, 5) is 0. The molecule has 0 bridgehead atoms. The minimum atomic E-state index is -0.479. The maximum Gasteiger partial charge on any atom is 0.143 e. The minimum absolute atomic E-state index is 0.479. The Bertz CT molecular complexity index is 4010. The van der Waals surface area contributed by atoms with Crippen LogP contribution in [0, 0.1) is 0 Å². The summed E-state index contributed by atoms with van der Waals surface area (Å²) in [5.74, 6) is 1.75. The molecule has 0 N–H and O–H groups in total. The third-order valence-electron chi connectivity index (χ3n) is 14.5. The highest BCUT2D eigenvalue weighted by molar-refractivity contribution is 6.20. The molecule has 2 heteroatoms. The van der Waals surface area contributed by atoms with E-state index in [-0.39, 0.29) is 0 Å². The standard InChI is InChI=1S/C61H34O2/c1-2-15-39-35(12-1)28-30-47-58-38(18-11-27-54(58)63-60(39)47)37-29-32-53-48(34-37)45-21-9-20-43-40(31-33-55(62-53)59(43)45)42-22-10-26-52-57(42)46-17-4-6-24-50(46)61(52)49-23-5-3-16-41(49)44-19-7-13-36-14-8-25-51(61)56(36)44/h1-34H. The van der Waals surface area contributed by atoms with Gasteiger partial charge < -0.3 is 9.15 Å². The summed E-state index contributed by atoms with van der Waals surface area (Å²) < 4.78 is 13.4. The number of benzene rings is 11. The molecule has 0 saturated carbocycles. The summed E-state index contributed by atoms with van der Waals surface area (Å²) >= 11 is 0. The van der Waals surface area contributed by atoms with Crippen molar-refractivity contribution in [3.8, 4) is 67.1 Å². The van der Waals surface area contributed by atoms with E-state index in [9.17, 15) is 0 Å². The number of hydrogen-bond donors (Lipinski definition) is 0. The lowest BCUT2D eigenvalue weighted by atomic mass is 9.61. The Hall–Kier alpha value is -8.20. The fourth-order valence-corrected chi connectivity index (χ4v) is 12.0. The SMILES string of the molecule is c1ccc2c(c1)-c1c(-c3ccc4c5c(cccc35)-c3cc(-c5cccc6oc7c8ccccc8ccc7c56)ccc3O4)cccc1C21c2ccccc2-c2cccc3cccc1c23. The first kappa shape index (κ1) is 33.5. The van der Waals surface area contributed by atoms with Crippen molar-refractivity contribution < 1.29 is 9.15 Å². The van der Waals surface area contributed by atoms with Crippen molar-refractivity contribution in [2.75, 3.05) is 0 Å². The summed E-state index contributed by atoms with van der Waals surface area (Å²) in [5.41, 5.74) is 18.9. The van der Waals surface area contributed by atoms with E-state index in [0.29, 0.717) is 0 Å². The van der Waals surface area contributed by atoms with Crippen LogP contribution in [-0.4, -0.2) is 0 Å². The first-order valence-electron chi connectivity index (χ1n) is 21.8. The third kappa shape index (κ3) is 4.18. The second-order valence-corrected chi connectivity index (χ2v) is 17.4. The van der Waals surface area contributed by atoms with Crippen molar-refractivity contribution in [1.82, 2.24) is 0 Å². The Kier molecular flexibility index (Phi) is 6.38. The van der Waals surface area contributed by atoms with Gasteiger partial charge in [-0.2, -0.15) is 0 Å². The van der Waals surface area contributed by atoms with E-state index in [1.807, 2.05) is 0 Å². The van der Waals surface area contributed by atoms with Crippen LogP contribution in [0.15, 0.2) is 211 Å². The van der Waals surface area contributed by atoms with Gasteiger partial charge in [-0.05, 0) is 124 Å². The quantitative estimate of drug-likeness (QED) is 0.174. The van der Waals surface area contributed by atoms with E-state index in [2.05, 4.69) is 206 Å². The highest BCUT2D eigenvalue weighted by Crippen LogP contribution is 2.63. The largest absolute Gasteiger partial charge is 0.456 e. The fourth-order valence-electron chi connectivity index (χ4n) is 12.0. The van der Waals surface area contributed by atoms with Gasteiger partial charge in [0.15, 0.2) is 0 Å². The molecule has 0 fully saturated rings. The molecule has 1 spiro atoms. The van der Waals surface area contributed by atoms with Gasteiger partial charge in [0.1, 0.15) is 22.7 Å². The number of hydrogen-bond acceptors (Lipinski definition) is 2. The molecular weight excluding hydrogens is 765 g/mol. The molecule has 1 unspecified atom stereocenters. The van der Waals surface area contributed by atoms with Crippen LogP contribution in [0.1, 0.15) is 22.3 Å². The van der Waals surface area contributed by atoms with E-state index in [1.54, 1.807) is 0 Å². The van der Waals surface area contributed by atoms with E-state index in [0.717, 1.165) is 60.9 Å². The van der Waals surface area contributed by atoms with E-state index >= 15 is 0 Å². The Labute approximate surface area is 362 Å². The summed E-state index contributed by atoms with van der Waals surface area (Å²) in [7, 11) is 0. The molecule has 1 aromatic heterocycles. The number of fused-ring (bicyclic) bond motifs is 16. The van der Waals surface area contributed by atoms with Gasteiger partial charge >= 0.3 is 0 Å². The Morgan fingerprint density at radius 2 is 0.952 bits per heavy atom. The van der Waals surface area contributed by atoms with Crippen molar-refractivity contribution in [1.29, 1.82) is 0 Å². The van der Waals surface area contributed by atoms with Crippen LogP contribution in [0.25, 0.3) is 110 Å². The van der Waals surface area contributed by atoms with Crippen molar-refractivity contribution in [3.05, 3.63) is 229 Å². The molecule has 2 nitrogen and oxygen atoms in total. The first-order chi connectivity index (χ1) is 31.3. The number of furan rings is 1. The van der Waals surface area contributed by atoms with Crippen LogP contribution in [0.4, 0.5) is 0 Å².